The van der Waals surface area contributed by atoms with Gasteiger partial charge in [0.2, 0.25) is 0 Å². The molecule has 0 fully saturated rings. The van der Waals surface area contributed by atoms with Crippen molar-refractivity contribution in [1.82, 2.24) is 4.98 Å². The second-order valence-corrected chi connectivity index (χ2v) is 5.03. The number of aromatic carboxylic acids is 1. The van der Waals surface area contributed by atoms with Crippen molar-refractivity contribution >= 4 is 16.8 Å². The Morgan fingerprint density at radius 3 is 2.56 bits per heavy atom. The molecule has 0 aliphatic heterocycles. The number of hydrogen-bond acceptors (Lipinski definition) is 3. The van der Waals surface area contributed by atoms with E-state index in [0.29, 0.717) is 10.6 Å². The van der Waals surface area contributed by atoms with Crippen LogP contribution in [0.25, 0.3) is 0 Å². The quantitative estimate of drug-likeness (QED) is 0.915. The highest BCUT2D eigenvalue weighted by Gasteiger charge is 2.15. The summed E-state index contributed by atoms with van der Waals surface area (Å²) >= 11 is 0. The molecule has 18 heavy (non-hydrogen) atoms. The van der Waals surface area contributed by atoms with Gasteiger partial charge < -0.3 is 5.11 Å². The third kappa shape index (κ3) is 2.81. The molecule has 92 valence electrons. The van der Waals surface area contributed by atoms with E-state index in [1.165, 1.54) is 6.07 Å². The standard InChI is InChI=1S/C13H11NO3S/c15-13(16)11-6-1-2-7-12(11)18(17)9-10-5-3-4-8-14-10/h1-8H,9H2,(H,15,16). The maximum absolute atomic E-state index is 12.1. The summed E-state index contributed by atoms with van der Waals surface area (Å²) in [6.07, 6.45) is 1.62. The number of nitrogens with zero attached hydrogens (tertiary/aromatic N) is 1. The van der Waals surface area contributed by atoms with Crippen LogP contribution >= 0.6 is 0 Å². The fraction of sp³-hybridized carbons (Fsp3) is 0.0769. The Hall–Kier alpha value is -2.01. The van der Waals surface area contributed by atoms with Crippen molar-refractivity contribution in [2.45, 2.75) is 10.6 Å². The number of carbonyl (C=O) groups is 1. The van der Waals surface area contributed by atoms with Crippen LogP contribution in [0.1, 0.15) is 16.1 Å². The molecule has 1 atom stereocenters. The molecule has 1 N–H and O–H groups in total. The summed E-state index contributed by atoms with van der Waals surface area (Å²) in [6.45, 7) is 0. The predicted molar refractivity (Wildman–Crippen MR) is 67.8 cm³/mol. The summed E-state index contributed by atoms with van der Waals surface area (Å²) < 4.78 is 12.1. The Morgan fingerprint density at radius 1 is 1.17 bits per heavy atom. The summed E-state index contributed by atoms with van der Waals surface area (Å²) in [7, 11) is -1.41. The van der Waals surface area contributed by atoms with Crippen molar-refractivity contribution in [2.75, 3.05) is 0 Å². The number of aromatic nitrogens is 1. The van der Waals surface area contributed by atoms with E-state index in [2.05, 4.69) is 4.98 Å². The first-order valence-electron chi connectivity index (χ1n) is 5.29. The summed E-state index contributed by atoms with van der Waals surface area (Å²) in [4.78, 5) is 15.4. The summed E-state index contributed by atoms with van der Waals surface area (Å²) in [6, 6.07) is 11.7. The Balaban J connectivity index is 2.27. The molecule has 0 aliphatic carbocycles. The van der Waals surface area contributed by atoms with Crippen LogP contribution in [0.5, 0.6) is 0 Å². The van der Waals surface area contributed by atoms with Gasteiger partial charge in [-0.15, -0.1) is 0 Å². The van der Waals surface area contributed by atoms with Crippen molar-refractivity contribution in [3.8, 4) is 0 Å². The van der Waals surface area contributed by atoms with Crippen LogP contribution < -0.4 is 0 Å². The molecule has 0 spiro atoms. The third-order valence-corrected chi connectivity index (χ3v) is 3.77. The SMILES string of the molecule is O=C(O)c1ccccc1S(=O)Cc1ccccn1. The lowest BCUT2D eigenvalue weighted by Gasteiger charge is -2.05. The minimum absolute atomic E-state index is 0.0757. The van der Waals surface area contributed by atoms with Crippen molar-refractivity contribution < 1.29 is 14.1 Å². The summed E-state index contributed by atoms with van der Waals surface area (Å²) in [5.74, 6) is -0.856. The molecule has 1 unspecified atom stereocenters. The monoisotopic (exact) mass is 261 g/mol. The van der Waals surface area contributed by atoms with Crippen LogP contribution in [0, 0.1) is 0 Å². The van der Waals surface area contributed by atoms with E-state index in [-0.39, 0.29) is 11.3 Å². The Labute approximate surface area is 107 Å². The van der Waals surface area contributed by atoms with Gasteiger partial charge in [0, 0.05) is 6.20 Å². The fourth-order valence-corrected chi connectivity index (χ4v) is 2.76. The Bertz CT molecular complexity index is 584. The second-order valence-electron chi connectivity index (χ2n) is 3.61. The average molecular weight is 261 g/mol. The molecule has 0 bridgehead atoms. The number of carboxylic acids is 1. The highest BCUT2D eigenvalue weighted by Crippen LogP contribution is 2.16. The topological polar surface area (TPSA) is 67.3 Å². The molecule has 2 aromatic rings. The molecule has 5 heteroatoms. The van der Waals surface area contributed by atoms with Crippen molar-refractivity contribution in [1.29, 1.82) is 0 Å². The minimum atomic E-state index is -1.41. The van der Waals surface area contributed by atoms with Crippen molar-refractivity contribution in [2.24, 2.45) is 0 Å². The number of rotatable bonds is 4. The van der Waals surface area contributed by atoms with E-state index in [4.69, 9.17) is 5.11 Å². The second kappa shape index (κ2) is 5.55. The normalized spacial score (nSPS) is 12.0. The van der Waals surface area contributed by atoms with E-state index in [1.54, 1.807) is 36.5 Å². The third-order valence-electron chi connectivity index (χ3n) is 2.37. The van der Waals surface area contributed by atoms with E-state index in [1.807, 2.05) is 6.07 Å². The van der Waals surface area contributed by atoms with Crippen LogP contribution in [-0.4, -0.2) is 20.3 Å². The summed E-state index contributed by atoms with van der Waals surface area (Å²) in [5.41, 5.74) is 0.753. The lowest BCUT2D eigenvalue weighted by molar-refractivity contribution is 0.0693. The van der Waals surface area contributed by atoms with Gasteiger partial charge in [0.05, 0.1) is 32.7 Å². The first-order chi connectivity index (χ1) is 8.68. The maximum Gasteiger partial charge on any atom is 0.336 e. The van der Waals surface area contributed by atoms with Gasteiger partial charge in [-0.25, -0.2) is 4.79 Å². The van der Waals surface area contributed by atoms with Crippen molar-refractivity contribution in [3.05, 3.63) is 59.9 Å². The van der Waals surface area contributed by atoms with Gasteiger partial charge in [-0.3, -0.25) is 9.19 Å². The molecular formula is C13H11NO3S. The van der Waals surface area contributed by atoms with Crippen LogP contribution in [-0.2, 0) is 16.6 Å². The Kier molecular flexibility index (Phi) is 3.84. The fourth-order valence-electron chi connectivity index (χ4n) is 1.54. The summed E-state index contributed by atoms with van der Waals surface area (Å²) in [5, 5.41) is 9.03. The lowest BCUT2D eigenvalue weighted by Crippen LogP contribution is -2.06. The van der Waals surface area contributed by atoms with Gasteiger partial charge in [0.25, 0.3) is 0 Å². The van der Waals surface area contributed by atoms with Gasteiger partial charge >= 0.3 is 5.97 Å². The zero-order valence-corrected chi connectivity index (χ0v) is 10.3. The molecule has 1 aromatic carbocycles. The van der Waals surface area contributed by atoms with Crippen molar-refractivity contribution in [3.63, 3.8) is 0 Å². The molecular weight excluding hydrogens is 250 g/mol. The van der Waals surface area contributed by atoms with Gasteiger partial charge in [0.1, 0.15) is 0 Å². The number of carboxylic acid groups (broad SMARTS) is 1. The first kappa shape index (κ1) is 12.4. The van der Waals surface area contributed by atoms with E-state index in [9.17, 15) is 9.00 Å². The molecule has 0 amide bonds. The molecule has 0 aliphatic rings. The lowest BCUT2D eigenvalue weighted by atomic mass is 10.2. The van der Waals surface area contributed by atoms with Gasteiger partial charge in [-0.05, 0) is 24.3 Å². The molecule has 4 nitrogen and oxygen atoms in total. The molecule has 1 heterocycles. The Morgan fingerprint density at radius 2 is 1.89 bits per heavy atom. The van der Waals surface area contributed by atoms with E-state index in [0.717, 1.165) is 0 Å². The molecule has 0 saturated carbocycles. The van der Waals surface area contributed by atoms with Crippen LogP contribution in [0.4, 0.5) is 0 Å². The van der Waals surface area contributed by atoms with Gasteiger partial charge in [0.15, 0.2) is 0 Å². The number of pyridine rings is 1. The molecule has 1 aromatic heterocycles. The molecule has 0 radical (unpaired) electrons. The van der Waals surface area contributed by atoms with Crippen LogP contribution in [0.2, 0.25) is 0 Å². The number of benzene rings is 1. The zero-order chi connectivity index (χ0) is 13.0. The van der Waals surface area contributed by atoms with Gasteiger partial charge in [-0.2, -0.15) is 0 Å². The van der Waals surface area contributed by atoms with Crippen LogP contribution in [0.3, 0.4) is 0 Å². The highest BCUT2D eigenvalue weighted by molar-refractivity contribution is 7.84. The van der Waals surface area contributed by atoms with E-state index < -0.39 is 16.8 Å². The first-order valence-corrected chi connectivity index (χ1v) is 6.61. The molecule has 0 saturated heterocycles. The van der Waals surface area contributed by atoms with Crippen LogP contribution in [0.15, 0.2) is 53.6 Å². The molecule has 2 rings (SSSR count). The maximum atomic E-state index is 12.1. The zero-order valence-electron chi connectivity index (χ0n) is 9.45. The minimum Gasteiger partial charge on any atom is -0.478 e. The van der Waals surface area contributed by atoms with Gasteiger partial charge in [-0.1, -0.05) is 18.2 Å². The average Bonchev–Trinajstić information content (AvgIpc) is 2.40. The highest BCUT2D eigenvalue weighted by atomic mass is 32.2. The van der Waals surface area contributed by atoms with E-state index >= 15 is 0 Å². The predicted octanol–water partition coefficient (Wildman–Crippen LogP) is 2.09. The smallest absolute Gasteiger partial charge is 0.336 e. The largest absolute Gasteiger partial charge is 0.478 e. The number of hydrogen-bond donors (Lipinski definition) is 1.